The Bertz CT molecular complexity index is 664. The van der Waals surface area contributed by atoms with E-state index in [9.17, 15) is 18.5 Å². The highest BCUT2D eigenvalue weighted by Crippen LogP contribution is 2.29. The molecule has 0 saturated carbocycles. The highest BCUT2D eigenvalue weighted by molar-refractivity contribution is 7.92. The fraction of sp³-hybridized carbons (Fsp3) is 0.462. The summed E-state index contributed by atoms with van der Waals surface area (Å²) in [6.45, 7) is 1.80. The first-order chi connectivity index (χ1) is 9.86. The van der Waals surface area contributed by atoms with Crippen molar-refractivity contribution in [1.82, 2.24) is 0 Å². The molecule has 0 spiro atoms. The Morgan fingerprint density at radius 3 is 2.67 bits per heavy atom. The number of sulfone groups is 1. The zero-order valence-electron chi connectivity index (χ0n) is 11.7. The Balaban J connectivity index is 3.45. The fourth-order valence-corrected chi connectivity index (χ4v) is 3.72. The van der Waals surface area contributed by atoms with Crippen LogP contribution in [0.3, 0.4) is 0 Å². The van der Waals surface area contributed by atoms with Gasteiger partial charge >= 0.3 is 0 Å². The molecule has 7 nitrogen and oxygen atoms in total. The highest BCUT2D eigenvalue weighted by atomic mass is 32.2. The topological polar surface area (TPSA) is 127 Å². The van der Waals surface area contributed by atoms with Crippen LogP contribution in [0, 0.1) is 21.4 Å². The molecule has 0 aromatic heterocycles. The predicted molar refractivity (Wildman–Crippen MR) is 77.1 cm³/mol. The Labute approximate surface area is 123 Å². The molecule has 0 radical (unpaired) electrons. The molecule has 0 aliphatic heterocycles. The molecule has 1 aromatic carbocycles. The number of nitro groups is 1. The Morgan fingerprint density at radius 1 is 1.48 bits per heavy atom. The standard InChI is InChI=1S/C13H17N3O4S/c1-2-5-13(15)21(19,20)12-8-3-7-11(16(17)18)10(12)6-4-9-14/h3,7-8,13H,2,4-6,15H2,1H3. The molecular weight excluding hydrogens is 294 g/mol. The van der Waals surface area contributed by atoms with Crippen LogP contribution in [-0.4, -0.2) is 18.7 Å². The lowest BCUT2D eigenvalue weighted by Gasteiger charge is -2.15. The van der Waals surface area contributed by atoms with E-state index in [1.165, 1.54) is 18.2 Å². The number of rotatable bonds is 7. The van der Waals surface area contributed by atoms with Crippen molar-refractivity contribution in [2.75, 3.05) is 0 Å². The minimum absolute atomic E-state index is 0.00105. The summed E-state index contributed by atoms with van der Waals surface area (Å²) in [7, 11) is -3.85. The maximum atomic E-state index is 12.5. The number of nitrogens with zero attached hydrogens (tertiary/aromatic N) is 2. The van der Waals surface area contributed by atoms with E-state index in [0.29, 0.717) is 6.42 Å². The molecule has 114 valence electrons. The first kappa shape index (κ1) is 17.1. The smallest absolute Gasteiger partial charge is 0.273 e. The number of benzene rings is 1. The molecule has 1 atom stereocenters. The molecule has 0 fully saturated rings. The van der Waals surface area contributed by atoms with Gasteiger partial charge in [-0.25, -0.2) is 8.42 Å². The van der Waals surface area contributed by atoms with Gasteiger partial charge in [0.25, 0.3) is 5.69 Å². The summed E-state index contributed by atoms with van der Waals surface area (Å²) in [5.74, 6) is 0. The van der Waals surface area contributed by atoms with Gasteiger partial charge in [-0.05, 0) is 18.9 Å². The summed E-state index contributed by atoms with van der Waals surface area (Å²) in [5.41, 5.74) is 5.45. The second-order valence-electron chi connectivity index (χ2n) is 4.54. The maximum absolute atomic E-state index is 12.5. The molecule has 2 N–H and O–H groups in total. The summed E-state index contributed by atoms with van der Waals surface area (Å²) < 4.78 is 24.9. The Morgan fingerprint density at radius 2 is 2.14 bits per heavy atom. The summed E-state index contributed by atoms with van der Waals surface area (Å²) in [6.07, 6.45) is 0.850. The SMILES string of the molecule is CCCC(N)S(=O)(=O)c1cccc([N+](=O)[O-])c1CCC#N. The average molecular weight is 311 g/mol. The van der Waals surface area contributed by atoms with Crippen molar-refractivity contribution in [3.8, 4) is 6.07 Å². The number of nitrogens with two attached hydrogens (primary N) is 1. The summed E-state index contributed by atoms with van der Waals surface area (Å²) in [6, 6.07) is 5.73. The third-order valence-electron chi connectivity index (χ3n) is 3.07. The van der Waals surface area contributed by atoms with Crippen LogP contribution in [0.5, 0.6) is 0 Å². The quantitative estimate of drug-likeness (QED) is 0.605. The Kier molecular flexibility index (Phi) is 5.81. The van der Waals surface area contributed by atoms with Crippen LogP contribution >= 0.6 is 0 Å². The predicted octanol–water partition coefficient (Wildman–Crippen LogP) is 1.91. The van der Waals surface area contributed by atoms with Gasteiger partial charge in [0.1, 0.15) is 5.37 Å². The lowest BCUT2D eigenvalue weighted by molar-refractivity contribution is -0.385. The number of nitriles is 1. The van der Waals surface area contributed by atoms with Crippen molar-refractivity contribution in [3.05, 3.63) is 33.9 Å². The van der Waals surface area contributed by atoms with Crippen molar-refractivity contribution >= 4 is 15.5 Å². The molecular formula is C13H17N3O4S. The zero-order valence-corrected chi connectivity index (χ0v) is 12.5. The van der Waals surface area contributed by atoms with Gasteiger partial charge in [0, 0.05) is 18.1 Å². The van der Waals surface area contributed by atoms with Crippen molar-refractivity contribution < 1.29 is 13.3 Å². The molecule has 0 aliphatic carbocycles. The van der Waals surface area contributed by atoms with Gasteiger partial charge in [-0.2, -0.15) is 5.26 Å². The van der Waals surface area contributed by atoms with Crippen LogP contribution in [-0.2, 0) is 16.3 Å². The third kappa shape index (κ3) is 3.77. The van der Waals surface area contributed by atoms with Crippen LogP contribution in [0.25, 0.3) is 0 Å². The van der Waals surface area contributed by atoms with E-state index in [-0.39, 0.29) is 35.4 Å². The van der Waals surface area contributed by atoms with E-state index in [1.807, 2.05) is 6.07 Å². The van der Waals surface area contributed by atoms with Crippen LogP contribution in [0.4, 0.5) is 5.69 Å². The molecule has 21 heavy (non-hydrogen) atoms. The summed E-state index contributed by atoms with van der Waals surface area (Å²) in [5, 5.41) is 18.6. The second kappa shape index (κ2) is 7.15. The van der Waals surface area contributed by atoms with Gasteiger partial charge in [0.15, 0.2) is 9.84 Å². The van der Waals surface area contributed by atoms with Gasteiger partial charge in [-0.3, -0.25) is 10.1 Å². The molecule has 1 rings (SSSR count). The molecule has 0 amide bonds. The van der Waals surface area contributed by atoms with Gasteiger partial charge < -0.3 is 5.73 Å². The van der Waals surface area contributed by atoms with E-state index in [1.54, 1.807) is 6.92 Å². The van der Waals surface area contributed by atoms with E-state index < -0.39 is 20.1 Å². The van der Waals surface area contributed by atoms with E-state index in [2.05, 4.69) is 0 Å². The lowest BCUT2D eigenvalue weighted by Crippen LogP contribution is -2.31. The van der Waals surface area contributed by atoms with Gasteiger partial charge in [0.05, 0.1) is 15.9 Å². The number of hydrogen-bond donors (Lipinski definition) is 1. The van der Waals surface area contributed by atoms with Crippen LogP contribution in [0.15, 0.2) is 23.1 Å². The highest BCUT2D eigenvalue weighted by Gasteiger charge is 2.29. The molecule has 0 heterocycles. The first-order valence-electron chi connectivity index (χ1n) is 6.49. The van der Waals surface area contributed by atoms with E-state index >= 15 is 0 Å². The Hall–Kier alpha value is -1.98. The minimum atomic E-state index is -3.85. The number of hydrogen-bond acceptors (Lipinski definition) is 6. The summed E-state index contributed by atoms with van der Waals surface area (Å²) in [4.78, 5) is 10.3. The molecule has 0 saturated heterocycles. The summed E-state index contributed by atoms with van der Waals surface area (Å²) >= 11 is 0. The van der Waals surface area contributed by atoms with Crippen molar-refractivity contribution in [1.29, 1.82) is 5.26 Å². The minimum Gasteiger partial charge on any atom is -0.315 e. The lowest BCUT2D eigenvalue weighted by atomic mass is 10.1. The van der Waals surface area contributed by atoms with E-state index in [4.69, 9.17) is 11.0 Å². The first-order valence-corrected chi connectivity index (χ1v) is 8.03. The third-order valence-corrected chi connectivity index (χ3v) is 5.10. The van der Waals surface area contributed by atoms with Crippen LogP contribution in [0.1, 0.15) is 31.7 Å². The normalized spacial score (nSPS) is 12.6. The number of nitro benzene ring substituents is 1. The van der Waals surface area contributed by atoms with E-state index in [0.717, 1.165) is 0 Å². The molecule has 0 bridgehead atoms. The average Bonchev–Trinajstić information content (AvgIpc) is 2.44. The molecule has 1 unspecified atom stereocenters. The molecule has 0 aliphatic rings. The van der Waals surface area contributed by atoms with Crippen LogP contribution in [0.2, 0.25) is 0 Å². The van der Waals surface area contributed by atoms with Crippen molar-refractivity contribution in [2.24, 2.45) is 5.73 Å². The maximum Gasteiger partial charge on any atom is 0.273 e. The van der Waals surface area contributed by atoms with Gasteiger partial charge in [-0.1, -0.05) is 19.4 Å². The van der Waals surface area contributed by atoms with Crippen LogP contribution < -0.4 is 5.73 Å². The zero-order chi connectivity index (χ0) is 16.0. The largest absolute Gasteiger partial charge is 0.315 e. The van der Waals surface area contributed by atoms with Gasteiger partial charge in [0.2, 0.25) is 0 Å². The molecule has 1 aromatic rings. The second-order valence-corrected chi connectivity index (χ2v) is 6.68. The molecule has 8 heteroatoms. The van der Waals surface area contributed by atoms with Crippen molar-refractivity contribution in [2.45, 2.75) is 42.9 Å². The monoisotopic (exact) mass is 311 g/mol. The van der Waals surface area contributed by atoms with Crippen molar-refractivity contribution in [3.63, 3.8) is 0 Å². The fourth-order valence-electron chi connectivity index (χ4n) is 2.03. The van der Waals surface area contributed by atoms with Gasteiger partial charge in [-0.15, -0.1) is 0 Å².